The summed E-state index contributed by atoms with van der Waals surface area (Å²) in [6.45, 7) is 2.36. The van der Waals surface area contributed by atoms with E-state index in [1.165, 1.54) is 37.6 Å². The van der Waals surface area contributed by atoms with Crippen LogP contribution in [0.2, 0.25) is 5.02 Å². The van der Waals surface area contributed by atoms with Crippen molar-refractivity contribution in [2.24, 2.45) is 0 Å². The van der Waals surface area contributed by atoms with Crippen LogP contribution in [0, 0.1) is 0 Å². The molecule has 0 aliphatic heterocycles. The first kappa shape index (κ1) is 14.2. The number of rotatable bonds is 3. The number of aromatic nitrogens is 2. The lowest BCUT2D eigenvalue weighted by Gasteiger charge is -2.37. The van der Waals surface area contributed by atoms with Crippen LogP contribution in [0.1, 0.15) is 44.9 Å². The summed E-state index contributed by atoms with van der Waals surface area (Å²) in [6.07, 6.45) is 7.18. The highest BCUT2D eigenvalue weighted by Gasteiger charge is 2.32. The number of halogens is 2. The second kappa shape index (κ2) is 5.57. The normalized spacial score (nSPS) is 18.6. The molecule has 3 rings (SSSR count). The van der Waals surface area contributed by atoms with Crippen LogP contribution < -0.4 is 0 Å². The van der Waals surface area contributed by atoms with Crippen LogP contribution in [0.5, 0.6) is 0 Å². The molecule has 1 aliphatic carbocycles. The molecule has 1 aliphatic rings. The van der Waals surface area contributed by atoms with Crippen LogP contribution in [0.3, 0.4) is 0 Å². The molecule has 0 amide bonds. The summed E-state index contributed by atoms with van der Waals surface area (Å²) in [4.78, 5) is 4.78. The Balaban J connectivity index is 2.17. The van der Waals surface area contributed by atoms with Crippen molar-refractivity contribution < 1.29 is 0 Å². The molecule has 2 aromatic rings. The molecule has 1 aromatic heterocycles. The predicted octanol–water partition coefficient (Wildman–Crippen LogP) is 5.15. The molecular weight excluding hydrogens is 291 g/mol. The summed E-state index contributed by atoms with van der Waals surface area (Å²) in [5.41, 5.74) is 2.35. The van der Waals surface area contributed by atoms with Crippen LogP contribution in [0.15, 0.2) is 18.2 Å². The Labute approximate surface area is 130 Å². The first-order valence-corrected chi connectivity index (χ1v) is 8.29. The Morgan fingerprint density at radius 1 is 1.25 bits per heavy atom. The zero-order valence-corrected chi connectivity index (χ0v) is 13.3. The quantitative estimate of drug-likeness (QED) is 0.717. The number of alkyl halides is 1. The Morgan fingerprint density at radius 3 is 2.70 bits per heavy atom. The second-order valence-electron chi connectivity index (χ2n) is 5.99. The maximum absolute atomic E-state index is 6.10. The fourth-order valence-electron chi connectivity index (χ4n) is 3.49. The van der Waals surface area contributed by atoms with E-state index in [1.807, 2.05) is 12.1 Å². The van der Waals surface area contributed by atoms with E-state index in [2.05, 4.69) is 17.6 Å². The van der Waals surface area contributed by atoms with Gasteiger partial charge in [-0.2, -0.15) is 0 Å². The molecule has 20 heavy (non-hydrogen) atoms. The lowest BCUT2D eigenvalue weighted by molar-refractivity contribution is 0.219. The highest BCUT2D eigenvalue weighted by Crippen LogP contribution is 2.38. The molecule has 0 bridgehead atoms. The predicted molar refractivity (Wildman–Crippen MR) is 85.9 cm³/mol. The Hall–Kier alpha value is -0.730. The van der Waals surface area contributed by atoms with Gasteiger partial charge in [0, 0.05) is 22.9 Å². The molecular formula is C16H20Cl2N2. The third-order valence-corrected chi connectivity index (χ3v) is 4.90. The lowest BCUT2D eigenvalue weighted by atomic mass is 9.82. The molecule has 2 nitrogen and oxygen atoms in total. The van der Waals surface area contributed by atoms with Gasteiger partial charge < -0.3 is 4.57 Å². The summed E-state index contributed by atoms with van der Waals surface area (Å²) in [5, 5.41) is 0.744. The first-order chi connectivity index (χ1) is 9.64. The number of nitrogens with zero attached hydrogens (tertiary/aromatic N) is 2. The van der Waals surface area contributed by atoms with Crippen LogP contribution in [0.25, 0.3) is 11.0 Å². The van der Waals surface area contributed by atoms with Gasteiger partial charge in [-0.15, -0.1) is 11.6 Å². The van der Waals surface area contributed by atoms with Gasteiger partial charge in [-0.05, 0) is 38.0 Å². The van der Waals surface area contributed by atoms with E-state index in [-0.39, 0.29) is 5.54 Å². The summed E-state index contributed by atoms with van der Waals surface area (Å²) in [5.74, 6) is 1.70. The SMILES string of the molecule is CC1(n2c(CCCl)nc3cc(Cl)ccc32)CCCCC1. The van der Waals surface area contributed by atoms with E-state index in [9.17, 15) is 0 Å². The van der Waals surface area contributed by atoms with Crippen molar-refractivity contribution in [2.45, 2.75) is 51.0 Å². The maximum Gasteiger partial charge on any atom is 0.111 e. The zero-order chi connectivity index (χ0) is 14.2. The second-order valence-corrected chi connectivity index (χ2v) is 6.81. The fraction of sp³-hybridized carbons (Fsp3) is 0.562. The average Bonchev–Trinajstić information content (AvgIpc) is 2.77. The molecule has 1 saturated carbocycles. The minimum atomic E-state index is 0.169. The number of benzene rings is 1. The maximum atomic E-state index is 6.10. The monoisotopic (exact) mass is 310 g/mol. The number of fused-ring (bicyclic) bond motifs is 1. The summed E-state index contributed by atoms with van der Waals surface area (Å²) < 4.78 is 2.43. The van der Waals surface area contributed by atoms with E-state index in [1.54, 1.807) is 0 Å². The summed E-state index contributed by atoms with van der Waals surface area (Å²) in [7, 11) is 0. The third kappa shape index (κ3) is 2.44. The molecule has 0 saturated heterocycles. The van der Waals surface area contributed by atoms with Gasteiger partial charge >= 0.3 is 0 Å². The fourth-order valence-corrected chi connectivity index (χ4v) is 3.83. The number of hydrogen-bond donors (Lipinski definition) is 0. The minimum Gasteiger partial charge on any atom is -0.322 e. The van der Waals surface area contributed by atoms with E-state index in [0.29, 0.717) is 5.88 Å². The Morgan fingerprint density at radius 2 is 2.00 bits per heavy atom. The van der Waals surface area contributed by atoms with Gasteiger partial charge in [-0.25, -0.2) is 4.98 Å². The van der Waals surface area contributed by atoms with Crippen molar-refractivity contribution in [2.75, 3.05) is 5.88 Å². The molecule has 0 spiro atoms. The molecule has 1 fully saturated rings. The summed E-state index contributed by atoms with van der Waals surface area (Å²) >= 11 is 12.1. The molecule has 4 heteroatoms. The van der Waals surface area contributed by atoms with Gasteiger partial charge in [0.05, 0.1) is 11.0 Å². The number of hydrogen-bond acceptors (Lipinski definition) is 1. The standard InChI is InChI=1S/C16H20Cl2N2/c1-16(8-3-2-4-9-16)20-14-6-5-12(18)11-13(14)19-15(20)7-10-17/h5-6,11H,2-4,7-10H2,1H3. The Bertz CT molecular complexity index is 612. The van der Waals surface area contributed by atoms with Gasteiger partial charge in [0.2, 0.25) is 0 Å². The molecule has 0 N–H and O–H groups in total. The molecule has 0 radical (unpaired) electrons. The van der Waals surface area contributed by atoms with Crippen LogP contribution in [-0.2, 0) is 12.0 Å². The third-order valence-electron chi connectivity index (χ3n) is 4.47. The van der Waals surface area contributed by atoms with Gasteiger partial charge in [-0.1, -0.05) is 30.9 Å². The highest BCUT2D eigenvalue weighted by atomic mass is 35.5. The van der Waals surface area contributed by atoms with E-state index in [4.69, 9.17) is 28.2 Å². The Kier molecular flexibility index (Phi) is 3.96. The van der Waals surface area contributed by atoms with E-state index >= 15 is 0 Å². The van der Waals surface area contributed by atoms with E-state index < -0.39 is 0 Å². The summed E-state index contributed by atoms with van der Waals surface area (Å²) in [6, 6.07) is 6.01. The van der Waals surface area contributed by atoms with Gasteiger partial charge in [0.25, 0.3) is 0 Å². The van der Waals surface area contributed by atoms with Crippen molar-refractivity contribution >= 4 is 34.2 Å². The molecule has 0 atom stereocenters. The smallest absolute Gasteiger partial charge is 0.111 e. The van der Waals surface area contributed by atoms with E-state index in [0.717, 1.165) is 22.8 Å². The van der Waals surface area contributed by atoms with Crippen molar-refractivity contribution in [3.8, 4) is 0 Å². The largest absolute Gasteiger partial charge is 0.322 e. The van der Waals surface area contributed by atoms with Gasteiger partial charge in [-0.3, -0.25) is 0 Å². The van der Waals surface area contributed by atoms with Crippen LogP contribution in [0.4, 0.5) is 0 Å². The molecule has 1 heterocycles. The molecule has 0 unspecified atom stereocenters. The average molecular weight is 311 g/mol. The van der Waals surface area contributed by atoms with Crippen LogP contribution in [-0.4, -0.2) is 15.4 Å². The number of imidazole rings is 1. The highest BCUT2D eigenvalue weighted by molar-refractivity contribution is 6.31. The lowest BCUT2D eigenvalue weighted by Crippen LogP contribution is -2.33. The first-order valence-electron chi connectivity index (χ1n) is 7.37. The number of aryl methyl sites for hydroxylation is 1. The molecule has 1 aromatic carbocycles. The van der Waals surface area contributed by atoms with Crippen molar-refractivity contribution in [3.63, 3.8) is 0 Å². The van der Waals surface area contributed by atoms with Crippen molar-refractivity contribution in [3.05, 3.63) is 29.0 Å². The topological polar surface area (TPSA) is 17.8 Å². The van der Waals surface area contributed by atoms with Gasteiger partial charge in [0.15, 0.2) is 0 Å². The van der Waals surface area contributed by atoms with Gasteiger partial charge in [0.1, 0.15) is 5.82 Å². The van der Waals surface area contributed by atoms with Crippen molar-refractivity contribution in [1.82, 2.24) is 9.55 Å². The van der Waals surface area contributed by atoms with Crippen LogP contribution >= 0.6 is 23.2 Å². The van der Waals surface area contributed by atoms with Crippen molar-refractivity contribution in [1.29, 1.82) is 0 Å². The molecule has 108 valence electrons. The zero-order valence-electron chi connectivity index (χ0n) is 11.8. The minimum absolute atomic E-state index is 0.169.